The Hall–Kier alpha value is -0.783. The van der Waals surface area contributed by atoms with Crippen LogP contribution in [0.15, 0.2) is 17.3 Å². The maximum absolute atomic E-state index is 6.14. The van der Waals surface area contributed by atoms with Crippen LogP contribution in [0.3, 0.4) is 0 Å². The molecule has 1 aliphatic rings. The molecule has 0 saturated heterocycles. The highest BCUT2D eigenvalue weighted by molar-refractivity contribution is 6.76. The monoisotopic (exact) mass is 299 g/mol. The number of ether oxygens (including phenoxy) is 1. The van der Waals surface area contributed by atoms with Gasteiger partial charge in [-0.15, -0.1) is 0 Å². The van der Waals surface area contributed by atoms with E-state index in [1.165, 1.54) is 6.04 Å². The molecule has 0 saturated carbocycles. The average molecular weight is 300 g/mol. The van der Waals surface area contributed by atoms with Gasteiger partial charge in [0.15, 0.2) is 0 Å². The molecule has 2 heterocycles. The molecule has 0 spiro atoms. The summed E-state index contributed by atoms with van der Waals surface area (Å²) in [7, 11) is -1.02. The number of rotatable bonds is 5. The minimum atomic E-state index is -1.02. The van der Waals surface area contributed by atoms with Gasteiger partial charge < -0.3 is 14.6 Å². The van der Waals surface area contributed by atoms with Crippen LogP contribution in [0.4, 0.5) is 5.82 Å². The molecule has 0 aliphatic carbocycles. The lowest BCUT2D eigenvalue weighted by Crippen LogP contribution is -2.24. The first-order valence-electron chi connectivity index (χ1n) is 6.64. The van der Waals surface area contributed by atoms with Gasteiger partial charge >= 0.3 is 0 Å². The molecular weight excluding hydrogens is 278 g/mol. The fourth-order valence-electron chi connectivity index (χ4n) is 1.92. The zero-order valence-corrected chi connectivity index (χ0v) is 13.8. The maximum Gasteiger partial charge on any atom is 0.136 e. The third kappa shape index (κ3) is 3.84. The molecule has 0 radical (unpaired) electrons. The van der Waals surface area contributed by atoms with Gasteiger partial charge in [0.25, 0.3) is 0 Å². The lowest BCUT2D eigenvalue weighted by Gasteiger charge is -2.21. The van der Waals surface area contributed by atoms with E-state index in [2.05, 4.69) is 30.0 Å². The maximum atomic E-state index is 6.14. The van der Waals surface area contributed by atoms with Crippen LogP contribution in [-0.2, 0) is 11.5 Å². The summed E-state index contributed by atoms with van der Waals surface area (Å²) in [6.45, 7) is 10.4. The van der Waals surface area contributed by atoms with E-state index < -0.39 is 8.07 Å². The van der Waals surface area contributed by atoms with Crippen molar-refractivity contribution in [3.63, 3.8) is 0 Å². The molecule has 1 aromatic rings. The fraction of sp³-hybridized carbons (Fsp3) is 0.615. The lowest BCUT2D eigenvalue weighted by atomic mass is 10.3. The van der Waals surface area contributed by atoms with Gasteiger partial charge in [-0.25, -0.2) is 4.99 Å². The first-order chi connectivity index (χ1) is 8.87. The van der Waals surface area contributed by atoms with Crippen molar-refractivity contribution in [3.05, 3.63) is 17.8 Å². The van der Waals surface area contributed by atoms with Gasteiger partial charge in [0.2, 0.25) is 0 Å². The van der Waals surface area contributed by atoms with Crippen LogP contribution < -0.4 is 5.32 Å². The Morgan fingerprint density at radius 2 is 2.21 bits per heavy atom. The van der Waals surface area contributed by atoms with Crippen molar-refractivity contribution in [2.24, 2.45) is 4.99 Å². The Labute approximate surface area is 120 Å². The molecule has 1 unspecified atom stereocenters. The third-order valence-corrected chi connectivity index (χ3v) is 5.07. The molecule has 0 bridgehead atoms. The van der Waals surface area contributed by atoms with Crippen LogP contribution in [0.25, 0.3) is 0 Å². The molecule has 2 rings (SSSR count). The van der Waals surface area contributed by atoms with Crippen LogP contribution in [-0.4, -0.2) is 30.6 Å². The van der Waals surface area contributed by atoms with Crippen LogP contribution in [0.2, 0.25) is 25.7 Å². The van der Waals surface area contributed by atoms with E-state index in [-0.39, 0.29) is 6.17 Å². The second kappa shape index (κ2) is 5.69. The van der Waals surface area contributed by atoms with Crippen molar-refractivity contribution >= 4 is 30.7 Å². The zero-order valence-electron chi connectivity index (χ0n) is 12.0. The molecule has 1 aliphatic heterocycles. The Morgan fingerprint density at radius 1 is 1.47 bits per heavy atom. The van der Waals surface area contributed by atoms with E-state index in [4.69, 9.17) is 16.3 Å². The first-order valence-corrected chi connectivity index (χ1v) is 10.7. The smallest absolute Gasteiger partial charge is 0.136 e. The summed E-state index contributed by atoms with van der Waals surface area (Å²) in [5.74, 6) is 1.00. The highest BCUT2D eigenvalue weighted by Gasteiger charge is 2.20. The minimum Gasteiger partial charge on any atom is -0.361 e. The predicted octanol–water partition coefficient (Wildman–Crippen LogP) is 3.56. The van der Waals surface area contributed by atoms with Crippen LogP contribution >= 0.6 is 11.6 Å². The van der Waals surface area contributed by atoms with Crippen LogP contribution in [0.1, 0.15) is 12.5 Å². The van der Waals surface area contributed by atoms with E-state index >= 15 is 0 Å². The molecule has 6 heteroatoms. The number of aliphatic imine (C=N–C) groups is 1. The number of fused-ring (bicyclic) bond motifs is 1. The van der Waals surface area contributed by atoms with Gasteiger partial charge in [0.05, 0.1) is 5.56 Å². The molecule has 0 aromatic carbocycles. The van der Waals surface area contributed by atoms with Gasteiger partial charge in [-0.05, 0) is 19.0 Å². The van der Waals surface area contributed by atoms with Crippen molar-refractivity contribution in [1.82, 2.24) is 4.57 Å². The average Bonchev–Trinajstić information content (AvgIpc) is 2.66. The molecule has 0 amide bonds. The summed E-state index contributed by atoms with van der Waals surface area (Å²) in [6.07, 6.45) is 2.00. The van der Waals surface area contributed by atoms with Crippen LogP contribution in [0, 0.1) is 0 Å². The van der Waals surface area contributed by atoms with Crippen molar-refractivity contribution in [3.8, 4) is 0 Å². The van der Waals surface area contributed by atoms with Crippen molar-refractivity contribution in [2.75, 3.05) is 11.9 Å². The van der Waals surface area contributed by atoms with E-state index in [0.29, 0.717) is 11.9 Å². The summed E-state index contributed by atoms with van der Waals surface area (Å²) in [6, 6.07) is 3.16. The summed E-state index contributed by atoms with van der Waals surface area (Å²) < 4.78 is 7.81. The predicted molar refractivity (Wildman–Crippen MR) is 84.0 cm³/mol. The van der Waals surface area contributed by atoms with Gasteiger partial charge in [-0.1, -0.05) is 31.2 Å². The van der Waals surface area contributed by atoms with E-state index in [0.717, 1.165) is 18.0 Å². The van der Waals surface area contributed by atoms with E-state index in [9.17, 15) is 0 Å². The molecule has 19 heavy (non-hydrogen) atoms. The summed E-state index contributed by atoms with van der Waals surface area (Å²) in [5, 5.41) is 3.89. The van der Waals surface area contributed by atoms with Gasteiger partial charge in [0.1, 0.15) is 23.9 Å². The molecule has 0 fully saturated rings. The van der Waals surface area contributed by atoms with Crippen molar-refractivity contribution in [1.29, 1.82) is 0 Å². The fourth-order valence-corrected chi connectivity index (χ4v) is 2.97. The number of nitrogens with zero attached hydrogens (tertiary/aromatic N) is 2. The second-order valence-electron chi connectivity index (χ2n) is 6.14. The van der Waals surface area contributed by atoms with Gasteiger partial charge in [-0.2, -0.15) is 0 Å². The topological polar surface area (TPSA) is 38.5 Å². The normalized spacial score (nSPS) is 18.8. The molecule has 106 valence electrons. The first kappa shape index (κ1) is 14.6. The quantitative estimate of drug-likeness (QED) is 0.667. The highest BCUT2D eigenvalue weighted by atomic mass is 35.5. The minimum absolute atomic E-state index is 0.00984. The Kier molecular flexibility index (Phi) is 4.38. The largest absolute Gasteiger partial charge is 0.361 e. The van der Waals surface area contributed by atoms with E-state index in [1.807, 2.05) is 23.8 Å². The number of anilines is 1. The summed E-state index contributed by atoms with van der Waals surface area (Å²) >= 11 is 6.14. The Morgan fingerprint density at radius 3 is 2.89 bits per heavy atom. The van der Waals surface area contributed by atoms with Crippen molar-refractivity contribution in [2.45, 2.75) is 45.5 Å². The molecule has 4 nitrogen and oxygen atoms in total. The standard InChI is InChI=1S/C13H22ClN3OSi/c1-10-15-12(14)11-5-6-17(13(11)16-10)9-18-7-8-19(2,3)4/h5-6,10,16H,7-9H2,1-4H3. The summed E-state index contributed by atoms with van der Waals surface area (Å²) in [5.41, 5.74) is 0.952. The molecule has 1 N–H and O–H groups in total. The van der Waals surface area contributed by atoms with Crippen LogP contribution in [0.5, 0.6) is 0 Å². The van der Waals surface area contributed by atoms with Gasteiger partial charge in [-0.3, -0.25) is 0 Å². The SMILES string of the molecule is CC1N=C(Cl)c2ccn(COCC[Si](C)(C)C)c2N1. The summed E-state index contributed by atoms with van der Waals surface area (Å²) in [4.78, 5) is 4.29. The number of halogens is 1. The number of hydrogen-bond acceptors (Lipinski definition) is 3. The number of aromatic nitrogens is 1. The van der Waals surface area contributed by atoms with E-state index in [1.54, 1.807) is 0 Å². The Balaban J connectivity index is 1.95. The molecule has 1 atom stereocenters. The Bertz CT molecular complexity index is 479. The molecular formula is C13H22ClN3OSi. The molecule has 1 aromatic heterocycles. The number of hydrogen-bond donors (Lipinski definition) is 1. The van der Waals surface area contributed by atoms with Gasteiger partial charge in [0, 0.05) is 20.9 Å². The lowest BCUT2D eigenvalue weighted by molar-refractivity contribution is 0.0886. The second-order valence-corrected chi connectivity index (χ2v) is 12.1. The highest BCUT2D eigenvalue weighted by Crippen LogP contribution is 2.25. The zero-order chi connectivity index (χ0) is 14.0. The van der Waals surface area contributed by atoms with Crippen molar-refractivity contribution < 1.29 is 4.74 Å². The number of nitrogens with one attached hydrogen (secondary N) is 1. The third-order valence-electron chi connectivity index (χ3n) is 3.07.